The van der Waals surface area contributed by atoms with Crippen molar-refractivity contribution in [1.29, 1.82) is 0 Å². The molecular formula is C27H52. The van der Waals surface area contributed by atoms with Crippen LogP contribution in [0.1, 0.15) is 137 Å². The number of rotatable bonds is 6. The van der Waals surface area contributed by atoms with Crippen LogP contribution >= 0.6 is 0 Å². The molecule has 0 amide bonds. The van der Waals surface area contributed by atoms with Crippen LogP contribution in [0.5, 0.6) is 0 Å². The second-order valence-corrected chi connectivity index (χ2v) is 10.9. The van der Waals surface area contributed by atoms with Gasteiger partial charge in [0.25, 0.3) is 0 Å². The molecule has 0 aromatic carbocycles. The molecule has 3 atom stereocenters. The molecule has 0 aliphatic heterocycles. The molecule has 160 valence electrons. The van der Waals surface area contributed by atoms with Crippen molar-refractivity contribution >= 4 is 0 Å². The summed E-state index contributed by atoms with van der Waals surface area (Å²) in [6.07, 6.45) is 25.6. The van der Waals surface area contributed by atoms with Crippen LogP contribution in [0.25, 0.3) is 0 Å². The zero-order chi connectivity index (χ0) is 19.5. The van der Waals surface area contributed by atoms with Crippen molar-refractivity contribution in [3.05, 3.63) is 0 Å². The largest absolute Gasteiger partial charge is 0.0651 e. The molecule has 3 unspecified atom stereocenters. The lowest BCUT2D eigenvalue weighted by Crippen LogP contribution is -2.22. The maximum atomic E-state index is 2.47. The Labute approximate surface area is 172 Å². The minimum absolute atomic E-state index is 0.953. The summed E-state index contributed by atoms with van der Waals surface area (Å²) in [4.78, 5) is 0. The van der Waals surface area contributed by atoms with Gasteiger partial charge in [0.1, 0.15) is 0 Å². The Morgan fingerprint density at radius 1 is 0.704 bits per heavy atom. The third kappa shape index (κ3) is 8.91. The highest BCUT2D eigenvalue weighted by atomic mass is 14.3. The van der Waals surface area contributed by atoms with Crippen LogP contribution in [0.3, 0.4) is 0 Å². The molecule has 0 aromatic rings. The van der Waals surface area contributed by atoms with E-state index in [1.165, 1.54) is 83.5 Å². The first kappa shape index (κ1) is 23.3. The average Bonchev–Trinajstić information content (AvgIpc) is 2.71. The lowest BCUT2D eigenvalue weighted by molar-refractivity contribution is 0.173. The standard InChI is InChI=1S/C14H28.C13H24/c1-4-12(2)8-7-11-14-10-6-5-9-13(14)3;1-11-7-9-13(10-8-11)12-5-3-2-4-6-12/h12-14H,4-11H2,1-3H3;11-13H,2-10H2,1H3. The van der Waals surface area contributed by atoms with Gasteiger partial charge in [0.15, 0.2) is 0 Å². The van der Waals surface area contributed by atoms with Crippen LogP contribution in [0.15, 0.2) is 0 Å². The van der Waals surface area contributed by atoms with E-state index in [-0.39, 0.29) is 0 Å². The van der Waals surface area contributed by atoms with E-state index >= 15 is 0 Å². The number of hydrogen-bond acceptors (Lipinski definition) is 0. The molecule has 0 spiro atoms. The summed E-state index contributed by atoms with van der Waals surface area (Å²) in [6.45, 7) is 9.60. The van der Waals surface area contributed by atoms with Crippen molar-refractivity contribution in [3.8, 4) is 0 Å². The topological polar surface area (TPSA) is 0 Å². The van der Waals surface area contributed by atoms with E-state index in [0.29, 0.717) is 0 Å². The lowest BCUT2D eigenvalue weighted by atomic mass is 9.71. The maximum Gasteiger partial charge on any atom is -0.0386 e. The maximum absolute atomic E-state index is 2.47. The summed E-state index contributed by atoms with van der Waals surface area (Å²) in [6, 6.07) is 0. The fourth-order valence-corrected chi connectivity index (χ4v) is 6.12. The third-order valence-corrected chi connectivity index (χ3v) is 8.63. The molecule has 27 heavy (non-hydrogen) atoms. The Hall–Kier alpha value is 0. The Balaban J connectivity index is 0.000000194. The fraction of sp³-hybridized carbons (Fsp3) is 1.00. The van der Waals surface area contributed by atoms with Gasteiger partial charge in [0, 0.05) is 0 Å². The second-order valence-electron chi connectivity index (χ2n) is 10.9. The van der Waals surface area contributed by atoms with E-state index in [1.54, 1.807) is 25.7 Å². The van der Waals surface area contributed by atoms with Gasteiger partial charge < -0.3 is 0 Å². The van der Waals surface area contributed by atoms with E-state index in [1.807, 2.05) is 0 Å². The Morgan fingerprint density at radius 3 is 1.93 bits per heavy atom. The smallest absolute Gasteiger partial charge is 0.0386 e. The van der Waals surface area contributed by atoms with Crippen LogP contribution in [-0.2, 0) is 0 Å². The lowest BCUT2D eigenvalue weighted by Gasteiger charge is -2.34. The SMILES string of the molecule is CC1CCC(C2CCCCC2)CC1.CCC(C)CCCC1CCCCC1C. The van der Waals surface area contributed by atoms with Crippen LogP contribution < -0.4 is 0 Å². The molecule has 0 N–H and O–H groups in total. The molecular weight excluding hydrogens is 324 g/mol. The first-order valence-corrected chi connectivity index (χ1v) is 13.1. The van der Waals surface area contributed by atoms with Gasteiger partial charge in [0.2, 0.25) is 0 Å². The molecule has 3 rings (SSSR count). The summed E-state index contributed by atoms with van der Waals surface area (Å²) >= 11 is 0. The minimum Gasteiger partial charge on any atom is -0.0651 e. The minimum atomic E-state index is 0.953. The van der Waals surface area contributed by atoms with E-state index < -0.39 is 0 Å². The van der Waals surface area contributed by atoms with Gasteiger partial charge in [-0.25, -0.2) is 0 Å². The zero-order valence-electron chi connectivity index (χ0n) is 19.5. The molecule has 0 aromatic heterocycles. The monoisotopic (exact) mass is 376 g/mol. The highest BCUT2D eigenvalue weighted by molar-refractivity contribution is 4.78. The quantitative estimate of drug-likeness (QED) is 0.433. The van der Waals surface area contributed by atoms with Gasteiger partial charge in [-0.2, -0.15) is 0 Å². The highest BCUT2D eigenvalue weighted by Gasteiger charge is 2.26. The molecule has 0 heterocycles. The molecule has 0 nitrogen and oxygen atoms in total. The van der Waals surface area contributed by atoms with Crippen LogP contribution in [0.4, 0.5) is 0 Å². The average molecular weight is 377 g/mol. The Morgan fingerprint density at radius 2 is 1.30 bits per heavy atom. The molecule has 0 heteroatoms. The van der Waals surface area contributed by atoms with E-state index in [9.17, 15) is 0 Å². The third-order valence-electron chi connectivity index (χ3n) is 8.63. The van der Waals surface area contributed by atoms with Crippen molar-refractivity contribution in [2.75, 3.05) is 0 Å². The van der Waals surface area contributed by atoms with Crippen LogP contribution in [-0.4, -0.2) is 0 Å². The summed E-state index contributed by atoms with van der Waals surface area (Å²) < 4.78 is 0. The van der Waals surface area contributed by atoms with E-state index in [4.69, 9.17) is 0 Å². The Bertz CT molecular complexity index is 345. The highest BCUT2D eigenvalue weighted by Crippen LogP contribution is 2.39. The van der Waals surface area contributed by atoms with Crippen molar-refractivity contribution in [2.45, 2.75) is 137 Å². The van der Waals surface area contributed by atoms with Crippen LogP contribution in [0.2, 0.25) is 0 Å². The summed E-state index contributed by atoms with van der Waals surface area (Å²) in [5.74, 6) is 6.31. The van der Waals surface area contributed by atoms with Gasteiger partial charge in [0.05, 0.1) is 0 Å². The van der Waals surface area contributed by atoms with Gasteiger partial charge in [-0.15, -0.1) is 0 Å². The van der Waals surface area contributed by atoms with Crippen molar-refractivity contribution < 1.29 is 0 Å². The summed E-state index contributed by atoms with van der Waals surface area (Å²) in [5, 5.41) is 0. The molecule has 0 radical (unpaired) electrons. The van der Waals surface area contributed by atoms with Gasteiger partial charge in [-0.05, 0) is 48.3 Å². The summed E-state index contributed by atoms with van der Waals surface area (Å²) in [5.41, 5.74) is 0. The number of hydrogen-bond donors (Lipinski definition) is 0. The van der Waals surface area contributed by atoms with Crippen molar-refractivity contribution in [2.24, 2.45) is 35.5 Å². The van der Waals surface area contributed by atoms with E-state index in [2.05, 4.69) is 27.7 Å². The molecule has 3 aliphatic rings. The van der Waals surface area contributed by atoms with Gasteiger partial charge in [-0.3, -0.25) is 0 Å². The molecule has 0 bridgehead atoms. The van der Waals surface area contributed by atoms with Crippen molar-refractivity contribution in [1.82, 2.24) is 0 Å². The Kier molecular flexibility index (Phi) is 11.4. The zero-order valence-corrected chi connectivity index (χ0v) is 19.5. The normalized spacial score (nSPS) is 33.8. The van der Waals surface area contributed by atoms with Crippen LogP contribution in [0, 0.1) is 35.5 Å². The van der Waals surface area contributed by atoms with Gasteiger partial charge in [-0.1, -0.05) is 124 Å². The predicted molar refractivity (Wildman–Crippen MR) is 122 cm³/mol. The second kappa shape index (κ2) is 13.3. The predicted octanol–water partition coefficient (Wildman–Crippen LogP) is 9.42. The molecule has 0 saturated heterocycles. The molecule has 3 aliphatic carbocycles. The first-order chi connectivity index (χ1) is 13.1. The first-order valence-electron chi connectivity index (χ1n) is 13.1. The molecule has 3 fully saturated rings. The summed E-state index contributed by atoms with van der Waals surface area (Å²) in [7, 11) is 0. The fourth-order valence-electron chi connectivity index (χ4n) is 6.12. The molecule has 3 saturated carbocycles. The van der Waals surface area contributed by atoms with Gasteiger partial charge >= 0.3 is 0 Å². The van der Waals surface area contributed by atoms with E-state index in [0.717, 1.165) is 35.5 Å². The van der Waals surface area contributed by atoms with Crippen molar-refractivity contribution in [3.63, 3.8) is 0 Å².